The second-order valence-electron chi connectivity index (χ2n) is 7.84. The van der Waals surface area contributed by atoms with Crippen LogP contribution in [-0.4, -0.2) is 71.2 Å². The predicted octanol–water partition coefficient (Wildman–Crippen LogP) is 2.33. The van der Waals surface area contributed by atoms with Crippen molar-refractivity contribution in [1.82, 2.24) is 4.31 Å². The zero-order valence-corrected chi connectivity index (χ0v) is 19.5. The van der Waals surface area contributed by atoms with Crippen LogP contribution in [0.15, 0.2) is 47.4 Å². The smallest absolute Gasteiger partial charge is 0.243 e. The number of nitrogens with zero attached hydrogens (tertiary/aromatic N) is 2. The van der Waals surface area contributed by atoms with Crippen molar-refractivity contribution in [1.29, 1.82) is 0 Å². The van der Waals surface area contributed by atoms with Gasteiger partial charge in [0.1, 0.15) is 13.2 Å². The molecule has 0 unspecified atom stereocenters. The lowest BCUT2D eigenvalue weighted by Crippen LogP contribution is -2.38. The van der Waals surface area contributed by atoms with Gasteiger partial charge in [0, 0.05) is 37.1 Å². The molecule has 0 spiro atoms. The molecule has 0 atom stereocenters. The number of amides is 1. The molecule has 1 N–H and O–H groups in total. The minimum atomic E-state index is -3.89. The molecule has 2 aliphatic heterocycles. The third-order valence-corrected chi connectivity index (χ3v) is 7.31. The first-order valence-corrected chi connectivity index (χ1v) is 12.5. The van der Waals surface area contributed by atoms with Crippen LogP contribution >= 0.6 is 0 Å². The summed E-state index contributed by atoms with van der Waals surface area (Å²) in [6.45, 7) is 5.65. The Bertz CT molecular complexity index is 1070. The highest BCUT2D eigenvalue weighted by Gasteiger charge is 2.28. The number of anilines is 2. The van der Waals surface area contributed by atoms with Crippen LogP contribution in [-0.2, 0) is 19.6 Å². The minimum Gasteiger partial charge on any atom is -0.486 e. The summed E-state index contributed by atoms with van der Waals surface area (Å²) >= 11 is 0. The van der Waals surface area contributed by atoms with E-state index in [1.54, 1.807) is 6.07 Å². The molecule has 2 aromatic carbocycles. The Balaban J connectivity index is 1.43. The quantitative estimate of drug-likeness (QED) is 0.626. The number of sulfonamides is 1. The van der Waals surface area contributed by atoms with E-state index in [1.165, 1.54) is 16.4 Å². The highest BCUT2D eigenvalue weighted by Crippen LogP contribution is 2.33. The van der Waals surface area contributed by atoms with Crippen molar-refractivity contribution < 1.29 is 27.4 Å². The number of carbonyl (C=O) groups excluding carboxylic acids is 1. The van der Waals surface area contributed by atoms with E-state index < -0.39 is 15.9 Å². The molecule has 4 rings (SSSR count). The van der Waals surface area contributed by atoms with Crippen molar-refractivity contribution >= 4 is 27.3 Å². The van der Waals surface area contributed by atoms with E-state index in [2.05, 4.69) is 10.2 Å². The summed E-state index contributed by atoms with van der Waals surface area (Å²) in [6.07, 6.45) is 0.575. The van der Waals surface area contributed by atoms with E-state index in [0.717, 1.165) is 18.8 Å². The van der Waals surface area contributed by atoms with Gasteiger partial charge in [-0.25, -0.2) is 8.42 Å². The minimum absolute atomic E-state index is 0.0721. The number of benzene rings is 2. The summed E-state index contributed by atoms with van der Waals surface area (Å²) in [5.74, 6) is 0.507. The summed E-state index contributed by atoms with van der Waals surface area (Å²) < 4.78 is 44.1. The molecular formula is C23H29N3O6S. The monoisotopic (exact) mass is 475 g/mol. The van der Waals surface area contributed by atoms with Crippen LogP contribution in [0.3, 0.4) is 0 Å². The molecule has 0 aromatic heterocycles. The van der Waals surface area contributed by atoms with E-state index in [9.17, 15) is 13.2 Å². The third kappa shape index (κ3) is 5.58. The normalized spacial score (nSPS) is 16.0. The second kappa shape index (κ2) is 10.4. The molecule has 178 valence electrons. The van der Waals surface area contributed by atoms with E-state index in [1.807, 2.05) is 31.2 Å². The zero-order valence-electron chi connectivity index (χ0n) is 18.7. The SMILES string of the molecule is CCCN(CC(=O)Nc1ccc(N2CCOCC2)cc1)S(=O)(=O)c1ccc2c(c1)OCCO2. The Morgan fingerprint density at radius 3 is 2.39 bits per heavy atom. The van der Waals surface area contributed by atoms with Gasteiger partial charge in [0.25, 0.3) is 0 Å². The van der Waals surface area contributed by atoms with Gasteiger partial charge in [0.05, 0.1) is 24.7 Å². The van der Waals surface area contributed by atoms with Gasteiger partial charge < -0.3 is 24.4 Å². The number of ether oxygens (including phenoxy) is 3. The fourth-order valence-electron chi connectivity index (χ4n) is 3.80. The van der Waals surface area contributed by atoms with Gasteiger partial charge >= 0.3 is 0 Å². The fourth-order valence-corrected chi connectivity index (χ4v) is 5.31. The molecule has 33 heavy (non-hydrogen) atoms. The number of carbonyl (C=O) groups is 1. The molecular weight excluding hydrogens is 446 g/mol. The Morgan fingerprint density at radius 1 is 1.00 bits per heavy atom. The Kier molecular flexibility index (Phi) is 7.36. The Morgan fingerprint density at radius 2 is 1.70 bits per heavy atom. The Labute approximate surface area is 194 Å². The maximum absolute atomic E-state index is 13.2. The first-order chi connectivity index (χ1) is 16.0. The van der Waals surface area contributed by atoms with E-state index >= 15 is 0 Å². The van der Waals surface area contributed by atoms with Crippen LogP contribution in [0.2, 0.25) is 0 Å². The highest BCUT2D eigenvalue weighted by molar-refractivity contribution is 7.89. The molecule has 9 nitrogen and oxygen atoms in total. The average Bonchev–Trinajstić information content (AvgIpc) is 2.84. The van der Waals surface area contributed by atoms with E-state index in [0.29, 0.717) is 50.0 Å². The summed E-state index contributed by atoms with van der Waals surface area (Å²) in [4.78, 5) is 15.0. The van der Waals surface area contributed by atoms with Crippen LogP contribution in [0.5, 0.6) is 11.5 Å². The zero-order chi connectivity index (χ0) is 23.3. The third-order valence-electron chi connectivity index (χ3n) is 5.47. The summed E-state index contributed by atoms with van der Waals surface area (Å²) in [7, 11) is -3.89. The first kappa shape index (κ1) is 23.3. The summed E-state index contributed by atoms with van der Waals surface area (Å²) in [6, 6.07) is 12.0. The van der Waals surface area contributed by atoms with Crippen molar-refractivity contribution in [3.8, 4) is 11.5 Å². The molecule has 1 amide bonds. The number of fused-ring (bicyclic) bond motifs is 1. The number of hydrogen-bond donors (Lipinski definition) is 1. The van der Waals surface area contributed by atoms with Gasteiger partial charge in [-0.1, -0.05) is 6.92 Å². The van der Waals surface area contributed by atoms with Crippen LogP contribution in [0.25, 0.3) is 0 Å². The van der Waals surface area contributed by atoms with Gasteiger partial charge in [-0.2, -0.15) is 4.31 Å². The van der Waals surface area contributed by atoms with Crippen LogP contribution in [0, 0.1) is 0 Å². The van der Waals surface area contributed by atoms with Gasteiger partial charge in [-0.15, -0.1) is 0 Å². The van der Waals surface area contributed by atoms with Crippen molar-refractivity contribution in [3.05, 3.63) is 42.5 Å². The largest absolute Gasteiger partial charge is 0.486 e. The van der Waals surface area contributed by atoms with Crippen molar-refractivity contribution in [2.45, 2.75) is 18.2 Å². The van der Waals surface area contributed by atoms with E-state index in [4.69, 9.17) is 14.2 Å². The van der Waals surface area contributed by atoms with Crippen LogP contribution < -0.4 is 19.7 Å². The van der Waals surface area contributed by atoms with Crippen molar-refractivity contribution in [2.75, 3.05) is 62.8 Å². The molecule has 2 aromatic rings. The second-order valence-corrected chi connectivity index (χ2v) is 9.78. The molecule has 2 aliphatic rings. The topological polar surface area (TPSA) is 97.4 Å². The molecule has 1 fully saturated rings. The van der Waals surface area contributed by atoms with Crippen LogP contribution in [0.1, 0.15) is 13.3 Å². The number of rotatable bonds is 8. The van der Waals surface area contributed by atoms with Gasteiger partial charge in [0.2, 0.25) is 15.9 Å². The summed E-state index contributed by atoms with van der Waals surface area (Å²) in [5, 5.41) is 2.80. The predicted molar refractivity (Wildman–Crippen MR) is 125 cm³/mol. The lowest BCUT2D eigenvalue weighted by molar-refractivity contribution is -0.116. The fraction of sp³-hybridized carbons (Fsp3) is 0.435. The molecule has 2 heterocycles. The van der Waals surface area contributed by atoms with Gasteiger partial charge in [-0.05, 0) is 42.8 Å². The van der Waals surface area contributed by atoms with Gasteiger partial charge in [-0.3, -0.25) is 4.79 Å². The molecule has 10 heteroatoms. The maximum atomic E-state index is 13.2. The molecule has 0 bridgehead atoms. The summed E-state index contributed by atoms with van der Waals surface area (Å²) in [5.41, 5.74) is 1.68. The van der Waals surface area contributed by atoms with Crippen LogP contribution in [0.4, 0.5) is 11.4 Å². The average molecular weight is 476 g/mol. The molecule has 1 saturated heterocycles. The molecule has 0 saturated carbocycles. The first-order valence-electron chi connectivity index (χ1n) is 11.1. The Hall–Kier alpha value is -2.82. The maximum Gasteiger partial charge on any atom is 0.243 e. The lowest BCUT2D eigenvalue weighted by Gasteiger charge is -2.29. The van der Waals surface area contributed by atoms with Crippen molar-refractivity contribution in [3.63, 3.8) is 0 Å². The molecule has 0 aliphatic carbocycles. The number of morpholine rings is 1. The standard InChI is InChI=1S/C23H29N3O6S/c1-2-9-26(33(28,29)20-7-8-21-22(16-20)32-15-14-31-21)17-23(27)24-18-3-5-19(6-4-18)25-10-12-30-13-11-25/h3-8,16H,2,9-15,17H2,1H3,(H,24,27). The van der Waals surface area contributed by atoms with Crippen molar-refractivity contribution in [2.24, 2.45) is 0 Å². The van der Waals surface area contributed by atoms with E-state index in [-0.39, 0.29) is 18.0 Å². The lowest BCUT2D eigenvalue weighted by atomic mass is 10.2. The highest BCUT2D eigenvalue weighted by atomic mass is 32.2. The molecule has 0 radical (unpaired) electrons. The number of hydrogen-bond acceptors (Lipinski definition) is 7. The number of nitrogens with one attached hydrogen (secondary N) is 1. The van der Waals surface area contributed by atoms with Gasteiger partial charge in [0.15, 0.2) is 11.5 Å².